The van der Waals surface area contributed by atoms with Gasteiger partial charge in [-0.25, -0.2) is 4.79 Å². The van der Waals surface area contributed by atoms with Crippen LogP contribution in [0.4, 0.5) is 4.79 Å². The van der Waals surface area contributed by atoms with Gasteiger partial charge >= 0.3 is 17.2 Å². The number of thioether (sulfide) groups is 1. The van der Waals surface area contributed by atoms with Gasteiger partial charge in [0.25, 0.3) is 0 Å². The van der Waals surface area contributed by atoms with Crippen LogP contribution in [0.1, 0.15) is 127 Å². The molecule has 2 unspecified atom stereocenters. The number of carbonyl (C=O) groups excluding carboxylic acids is 2. The van der Waals surface area contributed by atoms with Crippen LogP contribution in [0, 0.1) is 5.92 Å². The van der Waals surface area contributed by atoms with Gasteiger partial charge in [-0.2, -0.15) is 0 Å². The molecule has 2 atom stereocenters. The van der Waals surface area contributed by atoms with Crippen molar-refractivity contribution in [3.8, 4) is 0 Å². The van der Waals surface area contributed by atoms with E-state index in [4.69, 9.17) is 9.47 Å². The molecule has 0 aliphatic carbocycles. The Morgan fingerprint density at radius 3 is 1.85 bits per heavy atom. The summed E-state index contributed by atoms with van der Waals surface area (Å²) in [5.74, 6) is -0.980. The van der Waals surface area contributed by atoms with E-state index in [2.05, 4.69) is 13.0 Å². The molecule has 2 rings (SSSR count). The molecule has 0 aliphatic rings. The van der Waals surface area contributed by atoms with E-state index < -0.39 is 11.2 Å². The molecular formula is C39H56O6S. The number of benzene rings is 2. The van der Waals surface area contributed by atoms with Crippen LogP contribution in [0.2, 0.25) is 0 Å². The third-order valence-electron chi connectivity index (χ3n) is 8.12. The third-order valence-corrected chi connectivity index (χ3v) is 9.19. The second kappa shape index (κ2) is 26.1. The molecule has 0 saturated carbocycles. The molecule has 0 aromatic heterocycles. The van der Waals surface area contributed by atoms with E-state index in [1.165, 1.54) is 32.1 Å². The lowest BCUT2D eigenvalue weighted by Gasteiger charge is -2.23. The zero-order chi connectivity index (χ0) is 33.1. The number of hydrogen-bond donors (Lipinski definition) is 1. The number of allylic oxidation sites excluding steroid dienone is 2. The SMILES string of the molecule is CCCCCCCCCCC(SC(=O)O)C(C/C=C/CCCCCCCC(=O)OCc1ccccc1)C(=O)OCc1ccccc1. The minimum Gasteiger partial charge on any atom is -0.473 e. The summed E-state index contributed by atoms with van der Waals surface area (Å²) in [5.41, 5.74) is 1.92. The maximum Gasteiger partial charge on any atom is 0.365 e. The van der Waals surface area contributed by atoms with Gasteiger partial charge in [0.05, 0.1) is 5.92 Å². The fourth-order valence-electron chi connectivity index (χ4n) is 5.42. The van der Waals surface area contributed by atoms with Crippen LogP contribution < -0.4 is 0 Å². The molecule has 7 heteroatoms. The van der Waals surface area contributed by atoms with Gasteiger partial charge in [0.2, 0.25) is 0 Å². The lowest BCUT2D eigenvalue weighted by atomic mass is 9.95. The van der Waals surface area contributed by atoms with Crippen molar-refractivity contribution < 1.29 is 29.0 Å². The fraction of sp³-hybridized carbons (Fsp3) is 0.564. The molecule has 2 aromatic carbocycles. The second-order valence-electron chi connectivity index (χ2n) is 12.0. The van der Waals surface area contributed by atoms with E-state index in [0.717, 1.165) is 80.7 Å². The number of carbonyl (C=O) groups is 3. The number of esters is 2. The van der Waals surface area contributed by atoms with E-state index in [-0.39, 0.29) is 23.8 Å². The summed E-state index contributed by atoms with van der Waals surface area (Å²) in [5, 5.41) is 8.37. The zero-order valence-electron chi connectivity index (χ0n) is 27.9. The van der Waals surface area contributed by atoms with E-state index in [0.29, 0.717) is 25.9 Å². The average Bonchev–Trinajstić information content (AvgIpc) is 3.06. The smallest absolute Gasteiger partial charge is 0.365 e. The maximum absolute atomic E-state index is 13.3. The summed E-state index contributed by atoms with van der Waals surface area (Å²) in [7, 11) is 0. The van der Waals surface area contributed by atoms with Crippen LogP contribution in [0.5, 0.6) is 0 Å². The first-order chi connectivity index (χ1) is 22.5. The summed E-state index contributed by atoms with van der Waals surface area (Å²) in [6.07, 6.45) is 21.0. The molecule has 0 saturated heterocycles. The van der Waals surface area contributed by atoms with Gasteiger partial charge in [0, 0.05) is 11.7 Å². The number of ether oxygens (including phenoxy) is 2. The van der Waals surface area contributed by atoms with Crippen molar-refractivity contribution in [2.75, 3.05) is 0 Å². The molecule has 254 valence electrons. The molecule has 0 fully saturated rings. The summed E-state index contributed by atoms with van der Waals surface area (Å²) >= 11 is 0.865. The van der Waals surface area contributed by atoms with Gasteiger partial charge in [0.15, 0.2) is 0 Å². The third kappa shape index (κ3) is 19.5. The van der Waals surface area contributed by atoms with E-state index in [9.17, 15) is 19.5 Å². The van der Waals surface area contributed by atoms with Crippen molar-refractivity contribution in [2.45, 2.75) is 135 Å². The van der Waals surface area contributed by atoms with Crippen LogP contribution in [0.15, 0.2) is 72.8 Å². The monoisotopic (exact) mass is 652 g/mol. The van der Waals surface area contributed by atoms with Crippen molar-refractivity contribution in [3.63, 3.8) is 0 Å². The summed E-state index contributed by atoms with van der Waals surface area (Å²) in [6.45, 7) is 2.73. The molecular weight excluding hydrogens is 596 g/mol. The molecule has 0 heterocycles. The van der Waals surface area contributed by atoms with Crippen LogP contribution in [-0.4, -0.2) is 27.6 Å². The average molecular weight is 653 g/mol. The highest BCUT2D eigenvalue weighted by molar-refractivity contribution is 8.13. The van der Waals surface area contributed by atoms with Crippen LogP contribution in [0.3, 0.4) is 0 Å². The second-order valence-corrected chi connectivity index (χ2v) is 13.2. The van der Waals surface area contributed by atoms with E-state index >= 15 is 0 Å². The highest BCUT2D eigenvalue weighted by Crippen LogP contribution is 2.30. The topological polar surface area (TPSA) is 89.9 Å². The zero-order valence-corrected chi connectivity index (χ0v) is 28.7. The first-order valence-corrected chi connectivity index (χ1v) is 18.3. The van der Waals surface area contributed by atoms with Gasteiger partial charge < -0.3 is 14.6 Å². The largest absolute Gasteiger partial charge is 0.473 e. The number of carboxylic acid groups (broad SMARTS) is 1. The van der Waals surface area contributed by atoms with Crippen molar-refractivity contribution in [2.24, 2.45) is 5.92 Å². The highest BCUT2D eigenvalue weighted by atomic mass is 32.2. The van der Waals surface area contributed by atoms with Crippen molar-refractivity contribution in [1.82, 2.24) is 0 Å². The van der Waals surface area contributed by atoms with Crippen LogP contribution >= 0.6 is 11.8 Å². The highest BCUT2D eigenvalue weighted by Gasteiger charge is 2.31. The molecule has 46 heavy (non-hydrogen) atoms. The Hall–Kier alpha value is -3.06. The van der Waals surface area contributed by atoms with Crippen molar-refractivity contribution >= 4 is 29.0 Å². The predicted molar refractivity (Wildman–Crippen MR) is 189 cm³/mol. The Bertz CT molecular complexity index is 1100. The molecule has 2 aromatic rings. The van der Waals surface area contributed by atoms with E-state index in [1.54, 1.807) is 0 Å². The van der Waals surface area contributed by atoms with Gasteiger partial charge in [0.1, 0.15) is 13.2 Å². The molecule has 0 amide bonds. The Morgan fingerprint density at radius 2 is 1.24 bits per heavy atom. The van der Waals surface area contributed by atoms with Crippen molar-refractivity contribution in [1.29, 1.82) is 0 Å². The Morgan fingerprint density at radius 1 is 0.696 bits per heavy atom. The molecule has 6 nitrogen and oxygen atoms in total. The molecule has 1 N–H and O–H groups in total. The first kappa shape index (κ1) is 39.1. The Kier molecular flexibility index (Phi) is 22.2. The molecule has 0 radical (unpaired) electrons. The van der Waals surface area contributed by atoms with Gasteiger partial charge in [-0.1, -0.05) is 150 Å². The molecule has 0 bridgehead atoms. The first-order valence-electron chi connectivity index (χ1n) is 17.4. The lowest BCUT2D eigenvalue weighted by Crippen LogP contribution is -2.28. The Labute approximate surface area is 281 Å². The minimum absolute atomic E-state index is 0.148. The standard InChI is InChI=1S/C39H56O6S/c1-2-3-4-5-6-10-13-22-29-36(46-39(42)43)35(38(41)45-32-34-26-19-16-20-27-34)28-21-12-9-7-8-11-14-23-30-37(40)44-31-33-24-17-15-18-25-33/h12,15-21,24-27,35-36H,2-11,13-14,22-23,28-32H2,1H3,(H,42,43)/b21-12+. The molecule has 0 aliphatic heterocycles. The maximum atomic E-state index is 13.3. The Balaban J connectivity index is 1.75. The van der Waals surface area contributed by atoms with Gasteiger partial charge in [-0.3, -0.25) is 9.59 Å². The fourth-order valence-corrected chi connectivity index (χ4v) is 6.35. The number of hydrogen-bond acceptors (Lipinski definition) is 6. The normalized spacial score (nSPS) is 12.5. The summed E-state index contributed by atoms with van der Waals surface area (Å²) in [6, 6.07) is 19.3. The quantitative estimate of drug-likeness (QED) is 0.0614. The van der Waals surface area contributed by atoms with E-state index in [1.807, 2.05) is 66.7 Å². The minimum atomic E-state index is -0.945. The van der Waals surface area contributed by atoms with Crippen LogP contribution in [0.25, 0.3) is 0 Å². The summed E-state index contributed by atoms with van der Waals surface area (Å²) in [4.78, 5) is 37.1. The van der Waals surface area contributed by atoms with Gasteiger partial charge in [-0.15, -0.1) is 0 Å². The van der Waals surface area contributed by atoms with Crippen molar-refractivity contribution in [3.05, 3.63) is 83.9 Å². The predicted octanol–water partition coefficient (Wildman–Crippen LogP) is 11.1. The lowest BCUT2D eigenvalue weighted by molar-refractivity contribution is -0.150. The molecule has 0 spiro atoms. The number of unbranched alkanes of at least 4 members (excludes halogenated alkanes) is 12. The number of rotatable bonds is 26. The van der Waals surface area contributed by atoms with Gasteiger partial charge in [-0.05, 0) is 55.0 Å². The summed E-state index contributed by atoms with van der Waals surface area (Å²) < 4.78 is 11.1. The van der Waals surface area contributed by atoms with Crippen LogP contribution in [-0.2, 0) is 32.3 Å².